The number of nitrogens with zero attached hydrogens (tertiary/aromatic N) is 4. The Morgan fingerprint density at radius 1 is 1.27 bits per heavy atom. The number of aromatic nitrogens is 4. The van der Waals surface area contributed by atoms with Crippen LogP contribution in [0.15, 0.2) is 42.9 Å². The van der Waals surface area contributed by atoms with Gasteiger partial charge in [0.15, 0.2) is 17.9 Å². The monoisotopic (exact) mass is 449 g/mol. The van der Waals surface area contributed by atoms with Crippen molar-refractivity contribution >= 4 is 27.8 Å². The van der Waals surface area contributed by atoms with Gasteiger partial charge in [-0.1, -0.05) is 12.1 Å². The van der Waals surface area contributed by atoms with Crippen molar-refractivity contribution in [1.29, 1.82) is 0 Å². The number of nitrogen functional groups attached to an aromatic ring is 1. The minimum Gasteiger partial charge on any atom is -0.385 e. The fourth-order valence-corrected chi connectivity index (χ4v) is 5.50. The fraction of sp³-hybridized carbons (Fsp3) is 0.375. The van der Waals surface area contributed by atoms with Gasteiger partial charge in [0, 0.05) is 17.0 Å². The van der Waals surface area contributed by atoms with Crippen molar-refractivity contribution in [3.8, 4) is 0 Å². The highest BCUT2D eigenvalue weighted by atomic mass is 19.1. The summed E-state index contributed by atoms with van der Waals surface area (Å²) in [7, 11) is 0. The molecule has 1 aliphatic heterocycles. The number of nitrogens with two attached hydrogens (primary N) is 1. The smallest absolute Gasteiger partial charge is 0.165 e. The van der Waals surface area contributed by atoms with Crippen molar-refractivity contribution < 1.29 is 19.3 Å². The van der Waals surface area contributed by atoms with Gasteiger partial charge in [0.25, 0.3) is 0 Å². The van der Waals surface area contributed by atoms with Crippen LogP contribution in [0.25, 0.3) is 21.9 Å². The van der Waals surface area contributed by atoms with Crippen molar-refractivity contribution in [2.75, 3.05) is 5.73 Å². The molecule has 4 aromatic rings. The number of aryl methyl sites for hydroxylation is 1. The zero-order valence-electron chi connectivity index (χ0n) is 18.0. The molecule has 9 heteroatoms. The fourth-order valence-electron chi connectivity index (χ4n) is 5.50. The van der Waals surface area contributed by atoms with E-state index in [0.717, 1.165) is 23.1 Å². The van der Waals surface area contributed by atoms with E-state index in [4.69, 9.17) is 10.5 Å². The molecule has 1 aromatic carbocycles. The van der Waals surface area contributed by atoms with Gasteiger partial charge in [0.05, 0.1) is 17.3 Å². The lowest BCUT2D eigenvalue weighted by Gasteiger charge is -2.26. The summed E-state index contributed by atoms with van der Waals surface area (Å²) in [5.41, 5.74) is 7.42. The number of aliphatic hydroxyl groups excluding tert-OH is 1. The first kappa shape index (κ1) is 20.5. The van der Waals surface area contributed by atoms with Gasteiger partial charge < -0.3 is 25.3 Å². The Balaban J connectivity index is 1.29. The van der Waals surface area contributed by atoms with Crippen molar-refractivity contribution in [3.05, 3.63) is 59.9 Å². The number of halogens is 1. The molecule has 33 heavy (non-hydrogen) atoms. The first-order valence-corrected chi connectivity index (χ1v) is 11.0. The van der Waals surface area contributed by atoms with Crippen LogP contribution in [0.1, 0.15) is 30.3 Å². The molecule has 170 valence electrons. The quantitative estimate of drug-likeness (QED) is 0.440. The lowest BCUT2D eigenvalue weighted by atomic mass is 9.90. The Labute approximate surface area is 188 Å². The van der Waals surface area contributed by atoms with Crippen LogP contribution in [-0.4, -0.2) is 47.5 Å². The second kappa shape index (κ2) is 7.18. The van der Waals surface area contributed by atoms with E-state index in [0.29, 0.717) is 29.4 Å². The third-order valence-electron chi connectivity index (χ3n) is 7.25. The van der Waals surface area contributed by atoms with E-state index in [9.17, 15) is 14.6 Å². The number of rotatable bonds is 3. The number of anilines is 1. The molecule has 5 atom stereocenters. The van der Waals surface area contributed by atoms with Gasteiger partial charge in [0.2, 0.25) is 0 Å². The minimum atomic E-state index is -1.34. The molecular weight excluding hydrogens is 425 g/mol. The number of hydrogen-bond donors (Lipinski definition) is 3. The minimum absolute atomic E-state index is 0.00286. The third-order valence-corrected chi connectivity index (χ3v) is 7.25. The van der Waals surface area contributed by atoms with E-state index in [-0.39, 0.29) is 11.7 Å². The number of pyridine rings is 1. The number of fused-ring (bicyclic) bond motifs is 3. The summed E-state index contributed by atoms with van der Waals surface area (Å²) >= 11 is 0. The van der Waals surface area contributed by atoms with Crippen LogP contribution in [0.4, 0.5) is 10.2 Å². The Hall–Kier alpha value is -3.14. The Kier molecular flexibility index (Phi) is 4.45. The molecule has 2 fully saturated rings. The van der Waals surface area contributed by atoms with Crippen molar-refractivity contribution in [1.82, 2.24) is 19.5 Å². The number of benzene rings is 1. The zero-order chi connectivity index (χ0) is 22.9. The van der Waals surface area contributed by atoms with Gasteiger partial charge in [-0.3, -0.25) is 0 Å². The molecule has 0 amide bonds. The standard InChI is InChI=1S/C24H24FN5O3/c1-12-16-5-7-30(22(16)28-11-27-12)23-19(31)24(32)6-4-15(20(24)33-23)8-13-2-3-14-10-17(25)21(26)29-18(14)9-13/h2-3,5,7,9-11,15,19-20,23,31-32H,4,6,8H2,1H3,(H2,26,29)/t15-,19-,20+,23+,24-/m0/s1. The van der Waals surface area contributed by atoms with Gasteiger partial charge in [-0.15, -0.1) is 0 Å². The summed E-state index contributed by atoms with van der Waals surface area (Å²) in [4.78, 5) is 12.7. The molecule has 6 rings (SSSR count). The highest BCUT2D eigenvalue weighted by Crippen LogP contribution is 2.50. The normalized spacial score (nSPS) is 29.2. The maximum atomic E-state index is 13.7. The average Bonchev–Trinajstić information content (AvgIpc) is 3.42. The molecule has 3 aromatic heterocycles. The predicted molar refractivity (Wildman–Crippen MR) is 120 cm³/mol. The summed E-state index contributed by atoms with van der Waals surface area (Å²) in [5, 5.41) is 24.1. The second-order valence-electron chi connectivity index (χ2n) is 9.19. The lowest BCUT2D eigenvalue weighted by molar-refractivity contribution is -0.0675. The summed E-state index contributed by atoms with van der Waals surface area (Å²) in [6.45, 7) is 1.90. The maximum absolute atomic E-state index is 13.7. The molecular formula is C24H24FN5O3. The third kappa shape index (κ3) is 3.03. The van der Waals surface area contributed by atoms with Crippen LogP contribution in [-0.2, 0) is 11.2 Å². The Bertz CT molecular complexity index is 1390. The highest BCUT2D eigenvalue weighted by Gasteiger charge is 2.61. The largest absolute Gasteiger partial charge is 0.385 e. The number of hydrogen-bond acceptors (Lipinski definition) is 7. The van der Waals surface area contributed by atoms with Crippen LogP contribution in [0, 0.1) is 18.7 Å². The van der Waals surface area contributed by atoms with Crippen LogP contribution < -0.4 is 5.73 Å². The summed E-state index contributed by atoms with van der Waals surface area (Å²) in [5.74, 6) is -0.658. The average molecular weight is 449 g/mol. The molecule has 1 saturated heterocycles. The SMILES string of the molecule is Cc1ncnc2c1ccn2[C@@H]1O[C@@H]2[C@H](Cc3ccc4cc(F)c(N)nc4c3)CC[C@]2(O)[C@H]1O. The first-order valence-electron chi connectivity index (χ1n) is 11.0. The lowest BCUT2D eigenvalue weighted by Crippen LogP contribution is -2.45. The highest BCUT2D eigenvalue weighted by molar-refractivity contribution is 5.81. The van der Waals surface area contributed by atoms with Crippen molar-refractivity contribution in [2.45, 2.75) is 50.2 Å². The van der Waals surface area contributed by atoms with Gasteiger partial charge in [-0.05, 0) is 55.9 Å². The van der Waals surface area contributed by atoms with Crippen LogP contribution in [0.2, 0.25) is 0 Å². The molecule has 0 unspecified atom stereocenters. The second-order valence-corrected chi connectivity index (χ2v) is 9.19. The topological polar surface area (TPSA) is 119 Å². The van der Waals surface area contributed by atoms with E-state index in [1.165, 1.54) is 12.4 Å². The van der Waals surface area contributed by atoms with Gasteiger partial charge in [-0.25, -0.2) is 19.3 Å². The molecule has 8 nitrogen and oxygen atoms in total. The Morgan fingerprint density at radius 3 is 2.97 bits per heavy atom. The van der Waals surface area contributed by atoms with Gasteiger partial charge >= 0.3 is 0 Å². The van der Waals surface area contributed by atoms with E-state index in [1.54, 1.807) is 4.57 Å². The number of aliphatic hydroxyl groups is 2. The molecule has 1 aliphatic carbocycles. The molecule has 0 spiro atoms. The molecule has 0 bridgehead atoms. The molecule has 4 N–H and O–H groups in total. The molecule has 4 heterocycles. The van der Waals surface area contributed by atoms with Crippen molar-refractivity contribution in [2.24, 2.45) is 5.92 Å². The van der Waals surface area contributed by atoms with Crippen molar-refractivity contribution in [3.63, 3.8) is 0 Å². The van der Waals surface area contributed by atoms with Crippen LogP contribution >= 0.6 is 0 Å². The van der Waals surface area contributed by atoms with Gasteiger partial charge in [-0.2, -0.15) is 0 Å². The van der Waals surface area contributed by atoms with Crippen LogP contribution in [0.5, 0.6) is 0 Å². The summed E-state index contributed by atoms with van der Waals surface area (Å²) in [6, 6.07) is 8.92. The van der Waals surface area contributed by atoms with E-state index in [1.807, 2.05) is 37.4 Å². The van der Waals surface area contributed by atoms with E-state index >= 15 is 0 Å². The molecule has 2 aliphatic rings. The molecule has 0 radical (unpaired) electrons. The number of ether oxygens (including phenoxy) is 1. The molecule has 1 saturated carbocycles. The first-order chi connectivity index (χ1) is 15.8. The predicted octanol–water partition coefficient (Wildman–Crippen LogP) is 2.65. The van der Waals surface area contributed by atoms with E-state index < -0.39 is 29.9 Å². The summed E-state index contributed by atoms with van der Waals surface area (Å²) < 4.78 is 21.8. The summed E-state index contributed by atoms with van der Waals surface area (Å²) in [6.07, 6.45) is 2.75. The Morgan fingerprint density at radius 2 is 2.12 bits per heavy atom. The van der Waals surface area contributed by atoms with Crippen LogP contribution in [0.3, 0.4) is 0 Å². The van der Waals surface area contributed by atoms with E-state index in [2.05, 4.69) is 15.0 Å². The maximum Gasteiger partial charge on any atom is 0.165 e. The zero-order valence-corrected chi connectivity index (χ0v) is 18.0. The van der Waals surface area contributed by atoms with Gasteiger partial charge in [0.1, 0.15) is 23.7 Å².